The number of likely N-dealkylation sites (N-methyl/N-ethyl adjacent to an activating group) is 1. The highest BCUT2D eigenvalue weighted by Crippen LogP contribution is 2.29. The van der Waals surface area contributed by atoms with Crippen LogP contribution in [0.25, 0.3) is 0 Å². The smallest absolute Gasteiger partial charge is 0.0458 e. The van der Waals surface area contributed by atoms with Crippen LogP contribution in [0.15, 0.2) is 0 Å². The predicted octanol–water partition coefficient (Wildman–Crippen LogP) is 1.53. The quantitative estimate of drug-likeness (QED) is 0.793. The number of hydrogen-bond acceptors (Lipinski definition) is 3. The van der Waals surface area contributed by atoms with Crippen LogP contribution < -0.4 is 5.73 Å². The molecule has 2 rings (SSSR count). The number of piperidine rings is 1. The third kappa shape index (κ3) is 3.01. The fourth-order valence-electron chi connectivity index (χ4n) is 3.63. The van der Waals surface area contributed by atoms with E-state index in [1.165, 1.54) is 51.7 Å². The Bertz CT molecular complexity index is 244. The lowest BCUT2D eigenvalue weighted by Gasteiger charge is -2.48. The van der Waals surface area contributed by atoms with Gasteiger partial charge in [0.25, 0.3) is 0 Å². The van der Waals surface area contributed by atoms with Crippen molar-refractivity contribution in [2.75, 3.05) is 39.8 Å². The minimum atomic E-state index is 0.275. The summed E-state index contributed by atoms with van der Waals surface area (Å²) in [7, 11) is 2.24. The lowest BCUT2D eigenvalue weighted by atomic mass is 9.87. The van der Waals surface area contributed by atoms with E-state index in [0.29, 0.717) is 0 Å². The van der Waals surface area contributed by atoms with Crippen LogP contribution in [0.5, 0.6) is 0 Å². The third-order valence-electron chi connectivity index (χ3n) is 4.81. The molecule has 2 N–H and O–H groups in total. The van der Waals surface area contributed by atoms with Crippen molar-refractivity contribution in [2.45, 2.75) is 44.6 Å². The highest BCUT2D eigenvalue weighted by Gasteiger charge is 2.38. The Hall–Kier alpha value is -0.120. The average molecular weight is 239 g/mol. The van der Waals surface area contributed by atoms with Gasteiger partial charge in [0.05, 0.1) is 0 Å². The molecule has 0 saturated carbocycles. The first-order valence-electron chi connectivity index (χ1n) is 7.30. The van der Waals surface area contributed by atoms with E-state index in [1.807, 2.05) is 0 Å². The van der Waals surface area contributed by atoms with Gasteiger partial charge in [-0.25, -0.2) is 0 Å². The van der Waals surface area contributed by atoms with E-state index in [9.17, 15) is 0 Å². The van der Waals surface area contributed by atoms with Gasteiger partial charge in [0.1, 0.15) is 0 Å². The maximum Gasteiger partial charge on any atom is 0.0458 e. The van der Waals surface area contributed by atoms with Crippen molar-refractivity contribution in [3.8, 4) is 0 Å². The van der Waals surface area contributed by atoms with Crippen molar-refractivity contribution in [3.63, 3.8) is 0 Å². The lowest BCUT2D eigenvalue weighted by Crippen LogP contribution is -2.62. The van der Waals surface area contributed by atoms with Crippen molar-refractivity contribution < 1.29 is 0 Å². The Morgan fingerprint density at radius 2 is 2.00 bits per heavy atom. The molecule has 3 nitrogen and oxygen atoms in total. The fourth-order valence-corrected chi connectivity index (χ4v) is 3.63. The number of hydrogen-bond donors (Lipinski definition) is 1. The number of nitrogens with zero attached hydrogens (tertiary/aromatic N) is 2. The van der Waals surface area contributed by atoms with Crippen LogP contribution in [0.3, 0.4) is 0 Å². The molecule has 100 valence electrons. The zero-order valence-electron chi connectivity index (χ0n) is 11.6. The summed E-state index contributed by atoms with van der Waals surface area (Å²) in [5.41, 5.74) is 6.42. The van der Waals surface area contributed by atoms with Crippen LogP contribution in [0.4, 0.5) is 0 Å². The molecule has 17 heavy (non-hydrogen) atoms. The standard InChI is InChI=1S/C14H29N3/c1-13-5-3-9-17(10-6-13)14(11-15)7-4-8-16(2)12-14/h13H,3-12,15H2,1-2H3. The van der Waals surface area contributed by atoms with Gasteiger partial charge in [0.15, 0.2) is 0 Å². The first kappa shape index (κ1) is 13.3. The number of likely N-dealkylation sites (tertiary alicyclic amines) is 2. The molecule has 0 bridgehead atoms. The summed E-state index contributed by atoms with van der Waals surface area (Å²) in [6.07, 6.45) is 6.70. The molecule has 0 amide bonds. The Balaban J connectivity index is 2.05. The van der Waals surface area contributed by atoms with E-state index in [-0.39, 0.29) is 5.54 Å². The van der Waals surface area contributed by atoms with Crippen LogP contribution in [0.2, 0.25) is 0 Å². The van der Waals surface area contributed by atoms with Gasteiger partial charge in [-0.1, -0.05) is 6.92 Å². The Morgan fingerprint density at radius 3 is 2.71 bits per heavy atom. The molecule has 2 aliphatic rings. The van der Waals surface area contributed by atoms with Gasteiger partial charge >= 0.3 is 0 Å². The van der Waals surface area contributed by atoms with Crippen molar-refractivity contribution in [1.82, 2.24) is 9.80 Å². The van der Waals surface area contributed by atoms with Gasteiger partial charge in [-0.3, -0.25) is 4.90 Å². The monoisotopic (exact) mass is 239 g/mol. The van der Waals surface area contributed by atoms with E-state index in [4.69, 9.17) is 5.73 Å². The molecule has 3 heteroatoms. The molecule has 0 aliphatic carbocycles. The highest BCUT2D eigenvalue weighted by atomic mass is 15.3. The summed E-state index contributed by atoms with van der Waals surface area (Å²) in [5, 5.41) is 0. The molecular weight excluding hydrogens is 210 g/mol. The zero-order chi connectivity index (χ0) is 12.3. The van der Waals surface area contributed by atoms with E-state index in [1.54, 1.807) is 0 Å². The normalized spacial score (nSPS) is 37.9. The lowest BCUT2D eigenvalue weighted by molar-refractivity contribution is 0.0275. The second-order valence-electron chi connectivity index (χ2n) is 6.29. The van der Waals surface area contributed by atoms with Crippen LogP contribution in [0, 0.1) is 5.92 Å². The van der Waals surface area contributed by atoms with Crippen LogP contribution in [-0.4, -0.2) is 55.1 Å². The van der Waals surface area contributed by atoms with E-state index in [0.717, 1.165) is 19.0 Å². The Kier molecular flexibility index (Phi) is 4.45. The molecule has 0 aromatic heterocycles. The summed E-state index contributed by atoms with van der Waals surface area (Å²) in [6.45, 7) is 8.14. The summed E-state index contributed by atoms with van der Waals surface area (Å²) in [4.78, 5) is 5.18. The summed E-state index contributed by atoms with van der Waals surface area (Å²) < 4.78 is 0. The molecule has 0 aromatic carbocycles. The first-order valence-corrected chi connectivity index (χ1v) is 7.30. The SMILES string of the molecule is CC1CCCN(C2(CN)CCCN(C)C2)CC1. The van der Waals surface area contributed by atoms with Crippen molar-refractivity contribution in [2.24, 2.45) is 11.7 Å². The van der Waals surface area contributed by atoms with Crippen molar-refractivity contribution in [3.05, 3.63) is 0 Å². The molecule has 2 heterocycles. The van der Waals surface area contributed by atoms with E-state index in [2.05, 4.69) is 23.8 Å². The fraction of sp³-hybridized carbons (Fsp3) is 1.00. The maximum atomic E-state index is 6.15. The molecule has 0 radical (unpaired) electrons. The topological polar surface area (TPSA) is 32.5 Å². The molecule has 2 atom stereocenters. The van der Waals surface area contributed by atoms with Crippen molar-refractivity contribution in [1.29, 1.82) is 0 Å². The molecule has 2 unspecified atom stereocenters. The van der Waals surface area contributed by atoms with Crippen LogP contribution >= 0.6 is 0 Å². The summed E-state index contributed by atoms with van der Waals surface area (Å²) >= 11 is 0. The average Bonchev–Trinajstić information content (AvgIpc) is 2.54. The first-order chi connectivity index (χ1) is 8.16. The minimum absolute atomic E-state index is 0.275. The van der Waals surface area contributed by atoms with E-state index < -0.39 is 0 Å². The minimum Gasteiger partial charge on any atom is -0.329 e. The number of nitrogens with two attached hydrogens (primary N) is 1. The zero-order valence-corrected chi connectivity index (χ0v) is 11.6. The highest BCUT2D eigenvalue weighted by molar-refractivity contribution is 4.97. The molecule has 0 spiro atoms. The maximum absolute atomic E-state index is 6.15. The molecular formula is C14H29N3. The van der Waals surface area contributed by atoms with Gasteiger partial charge in [-0.2, -0.15) is 0 Å². The van der Waals surface area contributed by atoms with Gasteiger partial charge < -0.3 is 10.6 Å². The van der Waals surface area contributed by atoms with Crippen LogP contribution in [0.1, 0.15) is 39.0 Å². The number of rotatable bonds is 2. The molecule has 0 aromatic rings. The van der Waals surface area contributed by atoms with Crippen LogP contribution in [-0.2, 0) is 0 Å². The second-order valence-corrected chi connectivity index (χ2v) is 6.29. The Labute approximate surface area is 106 Å². The second kappa shape index (κ2) is 5.68. The Morgan fingerprint density at radius 1 is 1.18 bits per heavy atom. The van der Waals surface area contributed by atoms with Gasteiger partial charge in [-0.15, -0.1) is 0 Å². The third-order valence-corrected chi connectivity index (χ3v) is 4.81. The molecule has 2 saturated heterocycles. The van der Waals surface area contributed by atoms with Gasteiger partial charge in [0, 0.05) is 18.6 Å². The molecule has 2 aliphatic heterocycles. The summed E-state index contributed by atoms with van der Waals surface area (Å²) in [5.74, 6) is 0.899. The van der Waals surface area contributed by atoms with Gasteiger partial charge in [0.2, 0.25) is 0 Å². The molecule has 2 fully saturated rings. The van der Waals surface area contributed by atoms with Gasteiger partial charge in [-0.05, 0) is 64.7 Å². The summed E-state index contributed by atoms with van der Waals surface area (Å²) in [6, 6.07) is 0. The van der Waals surface area contributed by atoms with Crippen molar-refractivity contribution >= 4 is 0 Å². The largest absolute Gasteiger partial charge is 0.329 e. The predicted molar refractivity (Wildman–Crippen MR) is 73.1 cm³/mol. The van der Waals surface area contributed by atoms with E-state index >= 15 is 0 Å².